The zero-order chi connectivity index (χ0) is 29.2. The highest BCUT2D eigenvalue weighted by Crippen LogP contribution is 2.39. The summed E-state index contributed by atoms with van der Waals surface area (Å²) in [6.45, 7) is 0.832. The van der Waals surface area contributed by atoms with Crippen LogP contribution in [0.15, 0.2) is 65.4 Å². The van der Waals surface area contributed by atoms with Crippen LogP contribution in [-0.4, -0.2) is 39.8 Å². The lowest BCUT2D eigenvalue weighted by Gasteiger charge is -2.31. The van der Waals surface area contributed by atoms with E-state index in [0.29, 0.717) is 23.6 Å². The number of aromatic nitrogens is 2. The second-order valence-electron chi connectivity index (χ2n) is 9.90. The molecule has 1 aromatic carbocycles. The maximum Gasteiger partial charge on any atom is 0.420 e. The van der Waals surface area contributed by atoms with E-state index in [4.69, 9.17) is 10.2 Å². The van der Waals surface area contributed by atoms with Gasteiger partial charge in [-0.05, 0) is 53.6 Å². The summed E-state index contributed by atoms with van der Waals surface area (Å²) >= 11 is 0. The number of fused-ring (bicyclic) bond motifs is 1. The molecule has 1 aliphatic heterocycles. The van der Waals surface area contributed by atoms with Crippen molar-refractivity contribution in [2.75, 3.05) is 18.8 Å². The summed E-state index contributed by atoms with van der Waals surface area (Å²) in [6, 6.07) is 10.6. The van der Waals surface area contributed by atoms with Gasteiger partial charge in [0.1, 0.15) is 17.2 Å². The van der Waals surface area contributed by atoms with Crippen molar-refractivity contribution in [2.45, 2.75) is 38.0 Å². The minimum Gasteiger partial charge on any atom is -0.459 e. The molecule has 4 heterocycles. The predicted octanol–water partition coefficient (Wildman–Crippen LogP) is 6.05. The van der Waals surface area contributed by atoms with Gasteiger partial charge in [-0.1, -0.05) is 6.07 Å². The number of furan rings is 1. The van der Waals surface area contributed by atoms with Crippen molar-refractivity contribution in [1.29, 1.82) is 0 Å². The fourth-order valence-electron chi connectivity index (χ4n) is 4.56. The topological polar surface area (TPSA) is 97.3 Å². The summed E-state index contributed by atoms with van der Waals surface area (Å²) in [5.74, 6) is -2.62. The number of piperidine rings is 1. The lowest BCUT2D eigenvalue weighted by molar-refractivity contribution is -0.136. The number of likely N-dealkylation sites (tertiary alicyclic amines) is 1. The highest BCUT2D eigenvalue weighted by atomic mass is 19.4. The zero-order valence-electron chi connectivity index (χ0n) is 21.7. The minimum absolute atomic E-state index is 0.125. The number of nitrogens with two attached hydrogens (primary N) is 1. The van der Waals surface area contributed by atoms with E-state index in [-0.39, 0.29) is 54.8 Å². The number of rotatable bonds is 7. The van der Waals surface area contributed by atoms with Crippen LogP contribution in [-0.2, 0) is 24.1 Å². The SMILES string of the molecule is Nc1ccc(C=CC(=O)NCc2cc3cc(-c4ccc(CN5CCC(F)(F)CC5)cn4)cc(C(F)(F)F)c3o2)cn1. The van der Waals surface area contributed by atoms with E-state index < -0.39 is 23.6 Å². The largest absolute Gasteiger partial charge is 0.459 e. The van der Waals surface area contributed by atoms with Crippen molar-refractivity contribution in [3.05, 3.63) is 83.4 Å². The molecule has 0 unspecified atom stereocenters. The lowest BCUT2D eigenvalue weighted by Crippen LogP contribution is -2.38. The standard InChI is InChI=1S/C29H26F5N5O2/c30-28(31)7-9-39(10-8-28)17-19-1-4-24(36-15-19)20-11-21-12-22(41-27(21)23(13-20)29(32,33)34)16-38-26(40)6-3-18-2-5-25(35)37-14-18/h1-6,11-15H,7-10,16-17H2,(H2,35,37)(H,38,40). The Labute approximate surface area is 231 Å². The molecule has 7 nitrogen and oxygen atoms in total. The van der Waals surface area contributed by atoms with Gasteiger partial charge in [-0.3, -0.25) is 14.7 Å². The highest BCUT2D eigenvalue weighted by Gasteiger charge is 2.36. The lowest BCUT2D eigenvalue weighted by atomic mass is 10.0. The molecule has 5 rings (SSSR count). The average Bonchev–Trinajstić information content (AvgIpc) is 3.35. The molecule has 0 atom stereocenters. The molecule has 1 amide bonds. The first-order valence-corrected chi connectivity index (χ1v) is 12.8. The van der Waals surface area contributed by atoms with Gasteiger partial charge >= 0.3 is 6.18 Å². The number of nitrogen functional groups attached to an aromatic ring is 1. The number of hydrogen-bond acceptors (Lipinski definition) is 6. The molecule has 1 saturated heterocycles. The molecular weight excluding hydrogens is 545 g/mol. The molecule has 214 valence electrons. The van der Waals surface area contributed by atoms with Crippen LogP contribution in [0.25, 0.3) is 28.3 Å². The van der Waals surface area contributed by atoms with Gasteiger partial charge in [0.05, 0.1) is 17.8 Å². The van der Waals surface area contributed by atoms with E-state index in [1.165, 1.54) is 24.4 Å². The molecule has 3 N–H and O–H groups in total. The van der Waals surface area contributed by atoms with Gasteiger partial charge in [0, 0.05) is 61.9 Å². The summed E-state index contributed by atoms with van der Waals surface area (Å²) in [6.07, 6.45) is 0.737. The molecule has 1 aliphatic rings. The number of halogens is 5. The Balaban J connectivity index is 1.30. The number of carbonyl (C=O) groups excluding carboxylic acids is 1. The molecule has 12 heteroatoms. The molecule has 0 bridgehead atoms. The van der Waals surface area contributed by atoms with Gasteiger partial charge < -0.3 is 15.5 Å². The van der Waals surface area contributed by atoms with Crippen LogP contribution in [0.5, 0.6) is 0 Å². The van der Waals surface area contributed by atoms with Gasteiger partial charge in [-0.25, -0.2) is 13.8 Å². The Morgan fingerprint density at radius 1 is 1.07 bits per heavy atom. The van der Waals surface area contributed by atoms with E-state index in [9.17, 15) is 26.7 Å². The van der Waals surface area contributed by atoms with Gasteiger partial charge in [0.2, 0.25) is 5.91 Å². The monoisotopic (exact) mass is 571 g/mol. The first-order chi connectivity index (χ1) is 19.4. The van der Waals surface area contributed by atoms with Crippen LogP contribution >= 0.6 is 0 Å². The van der Waals surface area contributed by atoms with Crippen LogP contribution < -0.4 is 11.1 Å². The van der Waals surface area contributed by atoms with Crippen LogP contribution in [0.2, 0.25) is 0 Å². The summed E-state index contributed by atoms with van der Waals surface area (Å²) in [7, 11) is 0. The van der Waals surface area contributed by atoms with E-state index >= 15 is 0 Å². The molecule has 0 aliphatic carbocycles. The number of anilines is 1. The van der Waals surface area contributed by atoms with Crippen LogP contribution in [0, 0.1) is 0 Å². The van der Waals surface area contributed by atoms with Crippen molar-refractivity contribution in [3.8, 4) is 11.3 Å². The third-order valence-corrected chi connectivity index (χ3v) is 6.76. The summed E-state index contributed by atoms with van der Waals surface area (Å²) in [5, 5.41) is 2.80. The minimum atomic E-state index is -4.70. The Hall–Kier alpha value is -4.32. The van der Waals surface area contributed by atoms with E-state index in [1.807, 2.05) is 4.90 Å². The second-order valence-corrected chi connectivity index (χ2v) is 9.90. The molecule has 4 aromatic rings. The van der Waals surface area contributed by atoms with Crippen molar-refractivity contribution in [2.24, 2.45) is 0 Å². The first kappa shape index (κ1) is 28.2. The third kappa shape index (κ3) is 7.07. The van der Waals surface area contributed by atoms with Crippen molar-refractivity contribution < 1.29 is 31.2 Å². The van der Waals surface area contributed by atoms with Gasteiger partial charge in [-0.2, -0.15) is 13.2 Å². The molecule has 0 radical (unpaired) electrons. The molecule has 3 aromatic heterocycles. The number of carbonyl (C=O) groups is 1. The van der Waals surface area contributed by atoms with Gasteiger partial charge in [0.15, 0.2) is 0 Å². The molecule has 0 saturated carbocycles. The first-order valence-electron chi connectivity index (χ1n) is 12.8. The van der Waals surface area contributed by atoms with E-state index in [1.54, 1.807) is 36.5 Å². The second kappa shape index (κ2) is 11.3. The number of pyridine rings is 2. The van der Waals surface area contributed by atoms with Crippen LogP contribution in [0.3, 0.4) is 0 Å². The van der Waals surface area contributed by atoms with Gasteiger partial charge in [-0.15, -0.1) is 0 Å². The summed E-state index contributed by atoms with van der Waals surface area (Å²) < 4.78 is 74.2. The smallest absolute Gasteiger partial charge is 0.420 e. The fraction of sp³-hybridized carbons (Fsp3) is 0.276. The number of alkyl halides is 5. The van der Waals surface area contributed by atoms with Gasteiger partial charge in [0.25, 0.3) is 5.92 Å². The average molecular weight is 572 g/mol. The van der Waals surface area contributed by atoms with Crippen LogP contribution in [0.4, 0.5) is 27.8 Å². The van der Waals surface area contributed by atoms with Crippen molar-refractivity contribution in [3.63, 3.8) is 0 Å². The normalized spacial score (nSPS) is 15.9. The number of hydrogen-bond donors (Lipinski definition) is 2. The number of nitrogens with one attached hydrogen (secondary N) is 1. The Morgan fingerprint density at radius 2 is 1.85 bits per heavy atom. The summed E-state index contributed by atoms with van der Waals surface area (Å²) in [5.41, 5.74) is 6.22. The molecular formula is C29H26F5N5O2. The number of benzene rings is 1. The number of amides is 1. The van der Waals surface area contributed by atoms with Crippen LogP contribution in [0.1, 0.15) is 35.3 Å². The predicted molar refractivity (Wildman–Crippen MR) is 143 cm³/mol. The molecule has 1 fully saturated rings. The van der Waals surface area contributed by atoms with Crippen molar-refractivity contribution in [1.82, 2.24) is 20.2 Å². The fourth-order valence-corrected chi connectivity index (χ4v) is 4.56. The summed E-state index contributed by atoms with van der Waals surface area (Å²) in [4.78, 5) is 22.4. The zero-order valence-corrected chi connectivity index (χ0v) is 21.7. The molecule has 0 spiro atoms. The Bertz CT molecular complexity index is 1550. The Morgan fingerprint density at radius 3 is 2.51 bits per heavy atom. The van der Waals surface area contributed by atoms with E-state index in [0.717, 1.165) is 11.6 Å². The quantitative estimate of drug-likeness (QED) is 0.207. The maximum atomic E-state index is 14.0. The number of nitrogens with zero attached hydrogens (tertiary/aromatic N) is 3. The van der Waals surface area contributed by atoms with E-state index in [2.05, 4.69) is 15.3 Å². The highest BCUT2D eigenvalue weighted by molar-refractivity contribution is 5.92. The third-order valence-electron chi connectivity index (χ3n) is 6.76. The maximum absolute atomic E-state index is 14.0. The molecule has 41 heavy (non-hydrogen) atoms. The Kier molecular flexibility index (Phi) is 7.76. The van der Waals surface area contributed by atoms with Crippen molar-refractivity contribution >= 4 is 28.8 Å².